The molecule has 0 fully saturated rings. The zero-order valence-corrected chi connectivity index (χ0v) is 14.1. The van der Waals surface area contributed by atoms with Crippen LogP contribution < -0.4 is 5.32 Å². The van der Waals surface area contributed by atoms with E-state index in [4.69, 9.17) is 0 Å². The van der Waals surface area contributed by atoms with Gasteiger partial charge in [-0.1, -0.05) is 64.8 Å². The van der Waals surface area contributed by atoms with E-state index in [1.54, 1.807) is 0 Å². The van der Waals surface area contributed by atoms with Crippen LogP contribution in [-0.4, -0.2) is 12.6 Å². The predicted molar refractivity (Wildman–Crippen MR) is 90.2 cm³/mol. The summed E-state index contributed by atoms with van der Waals surface area (Å²) in [6, 6.07) is 9.42. The average molecular weight is 275 g/mol. The lowest BCUT2D eigenvalue weighted by atomic mass is 9.85. The third-order valence-electron chi connectivity index (χ3n) is 4.41. The molecule has 20 heavy (non-hydrogen) atoms. The number of hydrogen-bond donors (Lipinski definition) is 1. The highest BCUT2D eigenvalue weighted by molar-refractivity contribution is 5.26. The molecule has 1 atom stereocenters. The number of aryl methyl sites for hydroxylation is 1. The zero-order valence-electron chi connectivity index (χ0n) is 14.1. The Balaban J connectivity index is 2.68. The summed E-state index contributed by atoms with van der Waals surface area (Å²) in [5, 5.41) is 3.64. The minimum atomic E-state index is 0.580. The molecule has 1 nitrogen and oxygen atoms in total. The van der Waals surface area contributed by atoms with Gasteiger partial charge in [-0.05, 0) is 49.3 Å². The van der Waals surface area contributed by atoms with Crippen molar-refractivity contribution in [2.24, 2.45) is 11.8 Å². The van der Waals surface area contributed by atoms with Crippen LogP contribution in [0, 0.1) is 18.8 Å². The normalized spacial score (nSPS) is 13.2. The standard InChI is InChI=1S/C19H33N/c1-6-17(7-2)12-18(14-20-15(3)4)13-19-11-9-8-10-16(19)5/h8-11,15,17-18,20H,6-7,12-14H2,1-5H3. The summed E-state index contributed by atoms with van der Waals surface area (Å²) < 4.78 is 0. The van der Waals surface area contributed by atoms with Crippen molar-refractivity contribution in [3.8, 4) is 0 Å². The van der Waals surface area contributed by atoms with Gasteiger partial charge in [-0.15, -0.1) is 0 Å². The maximum absolute atomic E-state index is 3.64. The van der Waals surface area contributed by atoms with Gasteiger partial charge in [-0.2, -0.15) is 0 Å². The number of nitrogens with one attached hydrogen (secondary N) is 1. The van der Waals surface area contributed by atoms with Gasteiger partial charge < -0.3 is 5.32 Å². The van der Waals surface area contributed by atoms with Crippen LogP contribution in [0.3, 0.4) is 0 Å². The van der Waals surface area contributed by atoms with Crippen molar-refractivity contribution in [2.45, 2.75) is 66.3 Å². The zero-order chi connectivity index (χ0) is 15.0. The van der Waals surface area contributed by atoms with Crippen molar-refractivity contribution in [1.29, 1.82) is 0 Å². The van der Waals surface area contributed by atoms with Crippen LogP contribution in [0.1, 0.15) is 58.1 Å². The van der Waals surface area contributed by atoms with E-state index in [9.17, 15) is 0 Å². The molecule has 0 aliphatic carbocycles. The topological polar surface area (TPSA) is 12.0 Å². The first-order valence-corrected chi connectivity index (χ1v) is 8.34. The van der Waals surface area contributed by atoms with Crippen LogP contribution in [0.15, 0.2) is 24.3 Å². The molecule has 0 spiro atoms. The summed E-state index contributed by atoms with van der Waals surface area (Å²) in [6.07, 6.45) is 5.18. The van der Waals surface area contributed by atoms with Crippen LogP contribution >= 0.6 is 0 Å². The maximum Gasteiger partial charge on any atom is 0.00104 e. The molecular weight excluding hydrogens is 242 g/mol. The first-order valence-electron chi connectivity index (χ1n) is 8.34. The molecule has 0 saturated carbocycles. The average Bonchev–Trinajstić information content (AvgIpc) is 2.43. The predicted octanol–water partition coefficient (Wildman–Crippen LogP) is 4.98. The molecule has 0 aliphatic heterocycles. The van der Waals surface area contributed by atoms with Gasteiger partial charge in [0.15, 0.2) is 0 Å². The smallest absolute Gasteiger partial charge is 0.00104 e. The van der Waals surface area contributed by atoms with Gasteiger partial charge >= 0.3 is 0 Å². The van der Waals surface area contributed by atoms with Crippen LogP contribution in [0.5, 0.6) is 0 Å². The van der Waals surface area contributed by atoms with Gasteiger partial charge in [-0.25, -0.2) is 0 Å². The quantitative estimate of drug-likeness (QED) is 0.670. The Bertz CT molecular complexity index is 366. The first kappa shape index (κ1) is 17.2. The third-order valence-corrected chi connectivity index (χ3v) is 4.41. The lowest BCUT2D eigenvalue weighted by Crippen LogP contribution is -2.31. The highest BCUT2D eigenvalue weighted by Crippen LogP contribution is 2.23. The molecule has 0 aliphatic rings. The van der Waals surface area contributed by atoms with E-state index in [-0.39, 0.29) is 0 Å². The van der Waals surface area contributed by atoms with E-state index >= 15 is 0 Å². The molecule has 1 rings (SSSR count). The van der Waals surface area contributed by atoms with Crippen molar-refractivity contribution in [3.63, 3.8) is 0 Å². The van der Waals surface area contributed by atoms with E-state index in [0.29, 0.717) is 6.04 Å². The fourth-order valence-corrected chi connectivity index (χ4v) is 2.88. The molecule has 0 radical (unpaired) electrons. The lowest BCUT2D eigenvalue weighted by Gasteiger charge is -2.24. The van der Waals surface area contributed by atoms with Gasteiger partial charge in [0.25, 0.3) is 0 Å². The van der Waals surface area contributed by atoms with Crippen LogP contribution in [0.25, 0.3) is 0 Å². The fourth-order valence-electron chi connectivity index (χ4n) is 2.88. The second kappa shape index (κ2) is 9.18. The van der Waals surface area contributed by atoms with Gasteiger partial charge in [0.05, 0.1) is 0 Å². The molecule has 0 bridgehead atoms. The molecule has 1 heteroatoms. The Labute approximate surface area is 126 Å². The summed E-state index contributed by atoms with van der Waals surface area (Å²) in [5.74, 6) is 1.63. The van der Waals surface area contributed by atoms with Gasteiger partial charge in [0.1, 0.15) is 0 Å². The molecule has 0 saturated heterocycles. The van der Waals surface area contributed by atoms with Crippen molar-refractivity contribution in [2.75, 3.05) is 6.54 Å². The van der Waals surface area contributed by atoms with E-state index in [0.717, 1.165) is 18.4 Å². The maximum atomic E-state index is 3.64. The second-order valence-electron chi connectivity index (χ2n) is 6.48. The van der Waals surface area contributed by atoms with Crippen LogP contribution in [0.4, 0.5) is 0 Å². The summed E-state index contributed by atoms with van der Waals surface area (Å²) in [4.78, 5) is 0. The Kier molecular flexibility index (Phi) is 7.91. The number of rotatable bonds is 9. The highest BCUT2D eigenvalue weighted by Gasteiger charge is 2.16. The largest absolute Gasteiger partial charge is 0.314 e. The molecule has 1 N–H and O–H groups in total. The highest BCUT2D eigenvalue weighted by atomic mass is 14.9. The summed E-state index contributed by atoms with van der Waals surface area (Å²) in [7, 11) is 0. The molecule has 1 aromatic rings. The van der Waals surface area contributed by atoms with Gasteiger partial charge in [0, 0.05) is 6.04 Å². The van der Waals surface area contributed by atoms with Crippen LogP contribution in [-0.2, 0) is 6.42 Å². The lowest BCUT2D eigenvalue weighted by molar-refractivity contribution is 0.331. The monoisotopic (exact) mass is 275 g/mol. The number of hydrogen-bond acceptors (Lipinski definition) is 1. The van der Waals surface area contributed by atoms with E-state index in [1.807, 2.05) is 0 Å². The minimum Gasteiger partial charge on any atom is -0.314 e. The number of benzene rings is 1. The molecule has 114 valence electrons. The van der Waals surface area contributed by atoms with Crippen molar-refractivity contribution >= 4 is 0 Å². The molecule has 1 aromatic carbocycles. The van der Waals surface area contributed by atoms with Crippen LogP contribution in [0.2, 0.25) is 0 Å². The van der Waals surface area contributed by atoms with E-state index in [2.05, 4.69) is 64.2 Å². The molecule has 0 amide bonds. The minimum absolute atomic E-state index is 0.580. The Morgan fingerprint density at radius 2 is 1.65 bits per heavy atom. The van der Waals surface area contributed by atoms with Crippen molar-refractivity contribution in [1.82, 2.24) is 5.32 Å². The van der Waals surface area contributed by atoms with Crippen molar-refractivity contribution in [3.05, 3.63) is 35.4 Å². The summed E-state index contributed by atoms with van der Waals surface area (Å²) >= 11 is 0. The Hall–Kier alpha value is -0.820. The van der Waals surface area contributed by atoms with E-state index < -0.39 is 0 Å². The Morgan fingerprint density at radius 1 is 1.00 bits per heavy atom. The summed E-state index contributed by atoms with van der Waals surface area (Å²) in [5.41, 5.74) is 2.96. The van der Waals surface area contributed by atoms with Gasteiger partial charge in [0.2, 0.25) is 0 Å². The molecule has 1 unspecified atom stereocenters. The molecule has 0 heterocycles. The SMILES string of the molecule is CCC(CC)CC(CNC(C)C)Cc1ccccc1C. The Morgan fingerprint density at radius 3 is 2.20 bits per heavy atom. The molecule has 0 aromatic heterocycles. The fraction of sp³-hybridized carbons (Fsp3) is 0.684. The summed E-state index contributed by atoms with van der Waals surface area (Å²) in [6.45, 7) is 12.5. The van der Waals surface area contributed by atoms with Gasteiger partial charge in [-0.3, -0.25) is 0 Å². The first-order chi connectivity index (χ1) is 9.56. The van der Waals surface area contributed by atoms with E-state index in [1.165, 1.54) is 36.8 Å². The third kappa shape index (κ3) is 6.09. The second-order valence-corrected chi connectivity index (χ2v) is 6.48. The van der Waals surface area contributed by atoms with Crippen molar-refractivity contribution < 1.29 is 0 Å². The molecular formula is C19H33N.